The molecule has 1 heterocycles. The topological polar surface area (TPSA) is 49.4 Å². The average Bonchev–Trinajstić information content (AvgIpc) is 2.47. The zero-order valence-corrected chi connectivity index (χ0v) is 12.3. The summed E-state index contributed by atoms with van der Waals surface area (Å²) in [7, 11) is 0. The minimum atomic E-state index is -0.171. The highest BCUT2D eigenvalue weighted by Crippen LogP contribution is 2.39. The molecule has 0 fully saturated rings. The van der Waals surface area contributed by atoms with Gasteiger partial charge in [0.2, 0.25) is 11.8 Å². The van der Waals surface area contributed by atoms with E-state index in [2.05, 4.69) is 11.9 Å². The fourth-order valence-corrected chi connectivity index (χ4v) is 3.24. The zero-order chi connectivity index (χ0) is 14.5. The summed E-state index contributed by atoms with van der Waals surface area (Å²) in [5.41, 5.74) is 0.820. The van der Waals surface area contributed by atoms with E-state index in [1.165, 1.54) is 0 Å². The third-order valence-electron chi connectivity index (χ3n) is 3.08. The van der Waals surface area contributed by atoms with Crippen LogP contribution < -0.4 is 10.2 Å². The first kappa shape index (κ1) is 14.7. The van der Waals surface area contributed by atoms with Gasteiger partial charge >= 0.3 is 0 Å². The highest BCUT2D eigenvalue weighted by Gasteiger charge is 2.33. The van der Waals surface area contributed by atoms with Crippen molar-refractivity contribution < 1.29 is 9.59 Å². The molecule has 0 saturated carbocycles. The molecule has 106 valence electrons. The molecule has 0 saturated heterocycles. The predicted molar refractivity (Wildman–Crippen MR) is 81.9 cm³/mol. The third-order valence-corrected chi connectivity index (χ3v) is 4.50. The SMILES string of the molecule is C=CCNC(=O)CN1C(=O)C(CC)Sc2ccccc21. The molecule has 0 aromatic heterocycles. The van der Waals surface area contributed by atoms with Gasteiger partial charge in [-0.05, 0) is 18.6 Å². The standard InChI is InChI=1S/C15H18N2O2S/c1-3-9-16-14(18)10-17-11-7-5-6-8-13(11)20-12(4-2)15(17)19/h3,5-8,12H,1,4,9-10H2,2H3,(H,16,18). The Bertz CT molecular complexity index is 530. The Balaban J connectivity index is 2.22. The van der Waals surface area contributed by atoms with Crippen LogP contribution in [0.25, 0.3) is 0 Å². The normalized spacial score (nSPS) is 17.6. The van der Waals surface area contributed by atoms with Gasteiger partial charge in [0, 0.05) is 11.4 Å². The Morgan fingerprint density at radius 3 is 2.95 bits per heavy atom. The van der Waals surface area contributed by atoms with Crippen LogP contribution in [0.1, 0.15) is 13.3 Å². The molecule has 1 aliphatic heterocycles. The second kappa shape index (κ2) is 6.61. The summed E-state index contributed by atoms with van der Waals surface area (Å²) in [5, 5.41) is 2.59. The summed E-state index contributed by atoms with van der Waals surface area (Å²) in [4.78, 5) is 26.9. The summed E-state index contributed by atoms with van der Waals surface area (Å²) in [6, 6.07) is 7.70. The molecule has 0 spiro atoms. The molecule has 2 amide bonds. The molecule has 0 bridgehead atoms. The molecule has 1 N–H and O–H groups in total. The number of benzene rings is 1. The molecule has 0 radical (unpaired) electrons. The minimum absolute atomic E-state index is 0.00459. The summed E-state index contributed by atoms with van der Waals surface area (Å²) in [6.07, 6.45) is 2.37. The van der Waals surface area contributed by atoms with Gasteiger partial charge in [-0.3, -0.25) is 9.59 Å². The van der Waals surface area contributed by atoms with Crippen LogP contribution in [0.4, 0.5) is 5.69 Å². The van der Waals surface area contributed by atoms with E-state index in [0.29, 0.717) is 6.54 Å². The number of fused-ring (bicyclic) bond motifs is 1. The number of para-hydroxylation sites is 1. The smallest absolute Gasteiger partial charge is 0.240 e. The lowest BCUT2D eigenvalue weighted by Gasteiger charge is -2.32. The third kappa shape index (κ3) is 3.04. The van der Waals surface area contributed by atoms with Gasteiger partial charge in [-0.1, -0.05) is 25.1 Å². The van der Waals surface area contributed by atoms with Crippen LogP contribution in [0, 0.1) is 0 Å². The van der Waals surface area contributed by atoms with Crippen molar-refractivity contribution in [2.24, 2.45) is 0 Å². The van der Waals surface area contributed by atoms with Crippen molar-refractivity contribution >= 4 is 29.3 Å². The van der Waals surface area contributed by atoms with Gasteiger partial charge in [0.05, 0.1) is 10.9 Å². The van der Waals surface area contributed by atoms with Crippen LogP contribution in [0.15, 0.2) is 41.8 Å². The summed E-state index contributed by atoms with van der Waals surface area (Å²) in [5.74, 6) is -0.167. The van der Waals surface area contributed by atoms with E-state index in [4.69, 9.17) is 0 Å². The van der Waals surface area contributed by atoms with Gasteiger partial charge < -0.3 is 10.2 Å². The molecule has 1 atom stereocenters. The van der Waals surface area contributed by atoms with Gasteiger partial charge in [-0.2, -0.15) is 0 Å². The van der Waals surface area contributed by atoms with Crippen molar-refractivity contribution in [3.8, 4) is 0 Å². The van der Waals surface area contributed by atoms with Gasteiger partial charge in [0.15, 0.2) is 0 Å². The van der Waals surface area contributed by atoms with Crippen LogP contribution in [0.3, 0.4) is 0 Å². The van der Waals surface area contributed by atoms with Gasteiger partial charge in [0.25, 0.3) is 0 Å². The first-order chi connectivity index (χ1) is 9.67. The summed E-state index contributed by atoms with van der Waals surface area (Å²) < 4.78 is 0. The average molecular weight is 290 g/mol. The number of carbonyl (C=O) groups excluding carboxylic acids is 2. The van der Waals surface area contributed by atoms with Crippen LogP contribution in [-0.2, 0) is 9.59 Å². The van der Waals surface area contributed by atoms with Crippen LogP contribution in [0.5, 0.6) is 0 Å². The van der Waals surface area contributed by atoms with E-state index in [1.807, 2.05) is 31.2 Å². The van der Waals surface area contributed by atoms with E-state index in [1.54, 1.807) is 22.7 Å². The molecule has 1 aliphatic rings. The van der Waals surface area contributed by atoms with E-state index in [9.17, 15) is 9.59 Å². The highest BCUT2D eigenvalue weighted by molar-refractivity contribution is 8.01. The lowest BCUT2D eigenvalue weighted by Crippen LogP contribution is -2.46. The molecule has 5 heteroatoms. The van der Waals surface area contributed by atoms with E-state index in [0.717, 1.165) is 17.0 Å². The molecular formula is C15H18N2O2S. The molecule has 0 aliphatic carbocycles. The van der Waals surface area contributed by atoms with Crippen LogP contribution in [-0.4, -0.2) is 30.2 Å². The monoisotopic (exact) mass is 290 g/mol. The van der Waals surface area contributed by atoms with Gasteiger partial charge in [0.1, 0.15) is 6.54 Å². The Morgan fingerprint density at radius 2 is 2.25 bits per heavy atom. The summed E-state index contributed by atoms with van der Waals surface area (Å²) in [6.45, 7) is 6.01. The second-order valence-corrected chi connectivity index (χ2v) is 5.74. The number of rotatable bonds is 5. The number of thioether (sulfide) groups is 1. The second-order valence-electron chi connectivity index (χ2n) is 4.50. The highest BCUT2D eigenvalue weighted by atomic mass is 32.2. The van der Waals surface area contributed by atoms with Gasteiger partial charge in [-0.25, -0.2) is 0 Å². The fraction of sp³-hybridized carbons (Fsp3) is 0.333. The fourth-order valence-electron chi connectivity index (χ4n) is 2.08. The van der Waals surface area contributed by atoms with Crippen molar-refractivity contribution in [2.75, 3.05) is 18.0 Å². The molecule has 20 heavy (non-hydrogen) atoms. The number of nitrogens with zero attached hydrogens (tertiary/aromatic N) is 1. The molecule has 2 rings (SSSR count). The van der Waals surface area contributed by atoms with Crippen LogP contribution in [0.2, 0.25) is 0 Å². The van der Waals surface area contributed by atoms with Crippen LogP contribution >= 0.6 is 11.8 Å². The molecule has 1 aromatic carbocycles. The van der Waals surface area contributed by atoms with E-state index < -0.39 is 0 Å². The Hall–Kier alpha value is -1.75. The summed E-state index contributed by atoms with van der Waals surface area (Å²) >= 11 is 1.57. The Labute approximate surface area is 123 Å². The molecule has 4 nitrogen and oxygen atoms in total. The van der Waals surface area contributed by atoms with Crippen molar-refractivity contribution in [2.45, 2.75) is 23.5 Å². The van der Waals surface area contributed by atoms with E-state index >= 15 is 0 Å². The maximum Gasteiger partial charge on any atom is 0.240 e. The number of carbonyl (C=O) groups is 2. The lowest BCUT2D eigenvalue weighted by atomic mass is 10.2. The molecule has 1 aromatic rings. The van der Waals surface area contributed by atoms with Crippen molar-refractivity contribution in [1.82, 2.24) is 5.32 Å². The Kier molecular flexibility index (Phi) is 4.84. The quantitative estimate of drug-likeness (QED) is 0.846. The van der Waals surface area contributed by atoms with Gasteiger partial charge in [-0.15, -0.1) is 18.3 Å². The maximum atomic E-state index is 12.4. The number of anilines is 1. The molecular weight excluding hydrogens is 272 g/mol. The van der Waals surface area contributed by atoms with Crippen molar-refractivity contribution in [3.05, 3.63) is 36.9 Å². The maximum absolute atomic E-state index is 12.4. The minimum Gasteiger partial charge on any atom is -0.351 e. The zero-order valence-electron chi connectivity index (χ0n) is 11.5. The molecule has 1 unspecified atom stereocenters. The number of amides is 2. The van der Waals surface area contributed by atoms with E-state index in [-0.39, 0.29) is 23.6 Å². The van der Waals surface area contributed by atoms with Crippen molar-refractivity contribution in [1.29, 1.82) is 0 Å². The van der Waals surface area contributed by atoms with Crippen molar-refractivity contribution in [3.63, 3.8) is 0 Å². The first-order valence-corrected chi connectivity index (χ1v) is 7.50. The number of hydrogen-bond donors (Lipinski definition) is 1. The number of hydrogen-bond acceptors (Lipinski definition) is 3. The first-order valence-electron chi connectivity index (χ1n) is 6.62. The largest absolute Gasteiger partial charge is 0.351 e. The number of nitrogens with one attached hydrogen (secondary N) is 1. The Morgan fingerprint density at radius 1 is 1.50 bits per heavy atom. The lowest BCUT2D eigenvalue weighted by molar-refractivity contribution is -0.123. The predicted octanol–water partition coefficient (Wildman–Crippen LogP) is 2.21.